The van der Waals surface area contributed by atoms with Crippen molar-refractivity contribution in [2.45, 2.75) is 32.4 Å². The van der Waals surface area contributed by atoms with Gasteiger partial charge in [0.05, 0.1) is 12.0 Å². The second kappa shape index (κ2) is 7.24. The fourth-order valence-corrected chi connectivity index (χ4v) is 2.90. The van der Waals surface area contributed by atoms with Gasteiger partial charge >= 0.3 is 0 Å². The van der Waals surface area contributed by atoms with E-state index in [4.69, 9.17) is 16.0 Å². The fraction of sp³-hybridized carbons (Fsp3) is 0.667. The summed E-state index contributed by atoms with van der Waals surface area (Å²) in [6, 6.07) is 2.02. The molecule has 0 bridgehead atoms. The maximum atomic E-state index is 5.69. The molecule has 0 N–H and O–H groups in total. The zero-order valence-electron chi connectivity index (χ0n) is 9.46. The van der Waals surface area contributed by atoms with Gasteiger partial charge in [0.25, 0.3) is 0 Å². The first-order chi connectivity index (χ1) is 7.24. The standard InChI is InChI=1S/C12H19ClOS/c1-10(3-6-13)5-8-15-9-12-11(2)4-7-14-12/h4,7,10H,3,5-6,8-9H2,1-2H3. The van der Waals surface area contributed by atoms with Crippen LogP contribution in [0.3, 0.4) is 0 Å². The number of thioether (sulfide) groups is 1. The van der Waals surface area contributed by atoms with E-state index in [0.717, 1.165) is 29.7 Å². The monoisotopic (exact) mass is 246 g/mol. The molecule has 1 nitrogen and oxygen atoms in total. The molecule has 0 aliphatic carbocycles. The number of halogens is 1. The quantitative estimate of drug-likeness (QED) is 0.520. The van der Waals surface area contributed by atoms with Gasteiger partial charge in [0.2, 0.25) is 0 Å². The predicted molar refractivity (Wildman–Crippen MR) is 68.7 cm³/mol. The van der Waals surface area contributed by atoms with Crippen molar-refractivity contribution in [1.29, 1.82) is 0 Å². The Morgan fingerprint density at radius 2 is 2.27 bits per heavy atom. The smallest absolute Gasteiger partial charge is 0.116 e. The van der Waals surface area contributed by atoms with Crippen molar-refractivity contribution < 1.29 is 4.42 Å². The van der Waals surface area contributed by atoms with Gasteiger partial charge in [-0.25, -0.2) is 0 Å². The van der Waals surface area contributed by atoms with Crippen LogP contribution >= 0.6 is 23.4 Å². The molecule has 1 atom stereocenters. The van der Waals surface area contributed by atoms with E-state index in [0.29, 0.717) is 0 Å². The minimum Gasteiger partial charge on any atom is -0.468 e. The average molecular weight is 247 g/mol. The van der Waals surface area contributed by atoms with Gasteiger partial charge in [-0.1, -0.05) is 6.92 Å². The van der Waals surface area contributed by atoms with Crippen LogP contribution in [0.5, 0.6) is 0 Å². The van der Waals surface area contributed by atoms with Gasteiger partial charge in [0.15, 0.2) is 0 Å². The third kappa shape index (κ3) is 4.98. The van der Waals surface area contributed by atoms with Crippen molar-refractivity contribution >= 4 is 23.4 Å². The first-order valence-corrected chi connectivity index (χ1v) is 7.09. The van der Waals surface area contributed by atoms with Gasteiger partial charge in [-0.2, -0.15) is 11.8 Å². The van der Waals surface area contributed by atoms with Crippen molar-refractivity contribution in [2.24, 2.45) is 5.92 Å². The molecule has 1 aromatic rings. The summed E-state index contributed by atoms with van der Waals surface area (Å²) in [4.78, 5) is 0. The van der Waals surface area contributed by atoms with E-state index in [1.165, 1.54) is 17.7 Å². The average Bonchev–Trinajstić information content (AvgIpc) is 2.60. The molecule has 0 spiro atoms. The lowest BCUT2D eigenvalue weighted by Gasteiger charge is -2.08. The molecular weight excluding hydrogens is 228 g/mol. The molecule has 0 amide bonds. The van der Waals surface area contributed by atoms with Crippen LogP contribution in [-0.4, -0.2) is 11.6 Å². The highest BCUT2D eigenvalue weighted by molar-refractivity contribution is 7.98. The molecule has 0 aliphatic heterocycles. The van der Waals surface area contributed by atoms with Crippen LogP contribution in [0.25, 0.3) is 0 Å². The highest BCUT2D eigenvalue weighted by Crippen LogP contribution is 2.19. The first-order valence-electron chi connectivity index (χ1n) is 5.40. The van der Waals surface area contributed by atoms with E-state index in [9.17, 15) is 0 Å². The summed E-state index contributed by atoms with van der Waals surface area (Å²) in [7, 11) is 0. The Morgan fingerprint density at radius 1 is 1.47 bits per heavy atom. The second-order valence-electron chi connectivity index (χ2n) is 3.95. The largest absolute Gasteiger partial charge is 0.468 e. The van der Waals surface area contributed by atoms with Gasteiger partial charge in [-0.05, 0) is 43.1 Å². The zero-order chi connectivity index (χ0) is 11.1. The Balaban J connectivity index is 2.09. The lowest BCUT2D eigenvalue weighted by molar-refractivity contribution is 0.526. The van der Waals surface area contributed by atoms with Crippen molar-refractivity contribution in [3.8, 4) is 0 Å². The highest BCUT2D eigenvalue weighted by atomic mass is 35.5. The third-order valence-electron chi connectivity index (χ3n) is 2.56. The molecule has 1 heterocycles. The SMILES string of the molecule is Cc1ccoc1CSCCC(C)CCCl. The van der Waals surface area contributed by atoms with Crippen molar-refractivity contribution in [1.82, 2.24) is 0 Å². The van der Waals surface area contributed by atoms with Crippen LogP contribution in [0.2, 0.25) is 0 Å². The number of aryl methyl sites for hydroxylation is 1. The van der Waals surface area contributed by atoms with Crippen LogP contribution in [0.15, 0.2) is 16.7 Å². The van der Waals surface area contributed by atoms with E-state index in [1.54, 1.807) is 6.26 Å². The maximum absolute atomic E-state index is 5.69. The Kier molecular flexibility index (Phi) is 6.26. The minimum absolute atomic E-state index is 0.743. The lowest BCUT2D eigenvalue weighted by atomic mass is 10.1. The van der Waals surface area contributed by atoms with Crippen LogP contribution in [0.4, 0.5) is 0 Å². The number of rotatable bonds is 7. The van der Waals surface area contributed by atoms with Gasteiger partial charge in [0.1, 0.15) is 5.76 Å². The molecule has 15 heavy (non-hydrogen) atoms. The molecule has 0 aliphatic rings. The van der Waals surface area contributed by atoms with E-state index < -0.39 is 0 Å². The molecule has 86 valence electrons. The van der Waals surface area contributed by atoms with Crippen LogP contribution < -0.4 is 0 Å². The second-order valence-corrected chi connectivity index (χ2v) is 5.43. The summed E-state index contributed by atoms with van der Waals surface area (Å²) in [5, 5.41) is 0. The van der Waals surface area contributed by atoms with Gasteiger partial charge < -0.3 is 4.42 Å². The van der Waals surface area contributed by atoms with Gasteiger partial charge in [-0.15, -0.1) is 11.6 Å². The van der Waals surface area contributed by atoms with Gasteiger partial charge in [0, 0.05) is 5.88 Å². The van der Waals surface area contributed by atoms with E-state index >= 15 is 0 Å². The summed E-state index contributed by atoms with van der Waals surface area (Å²) < 4.78 is 5.38. The lowest BCUT2D eigenvalue weighted by Crippen LogP contribution is -1.97. The zero-order valence-corrected chi connectivity index (χ0v) is 11.0. The first kappa shape index (κ1) is 13.0. The molecule has 1 aromatic heterocycles. The summed E-state index contributed by atoms with van der Waals surface area (Å²) in [6.07, 6.45) is 4.14. The van der Waals surface area contributed by atoms with E-state index in [1.807, 2.05) is 17.8 Å². The maximum Gasteiger partial charge on any atom is 0.116 e. The molecule has 1 unspecified atom stereocenters. The molecule has 0 fully saturated rings. The predicted octanol–water partition coefficient (Wildman–Crippen LogP) is 4.48. The number of furan rings is 1. The third-order valence-corrected chi connectivity index (χ3v) is 3.77. The molecule has 1 rings (SSSR count). The Labute approximate surface area is 102 Å². The van der Waals surface area contributed by atoms with Crippen molar-refractivity contribution in [3.63, 3.8) is 0 Å². The topological polar surface area (TPSA) is 13.1 Å². The molecule has 0 radical (unpaired) electrons. The normalized spacial score (nSPS) is 13.0. The Bertz CT molecular complexity index is 272. The van der Waals surface area contributed by atoms with Gasteiger partial charge in [-0.3, -0.25) is 0 Å². The molecule has 3 heteroatoms. The number of alkyl halides is 1. The minimum atomic E-state index is 0.743. The Hall–Kier alpha value is -0.0800. The number of hydrogen-bond acceptors (Lipinski definition) is 2. The van der Waals surface area contributed by atoms with Crippen LogP contribution in [0.1, 0.15) is 31.1 Å². The molecule has 0 saturated heterocycles. The highest BCUT2D eigenvalue weighted by Gasteiger charge is 2.04. The van der Waals surface area contributed by atoms with Crippen LogP contribution in [0, 0.1) is 12.8 Å². The van der Waals surface area contributed by atoms with E-state index in [2.05, 4.69) is 13.8 Å². The molecular formula is C12H19ClOS. The molecule has 0 saturated carbocycles. The van der Waals surface area contributed by atoms with Crippen molar-refractivity contribution in [3.05, 3.63) is 23.7 Å². The van der Waals surface area contributed by atoms with Crippen molar-refractivity contribution in [2.75, 3.05) is 11.6 Å². The number of hydrogen-bond donors (Lipinski definition) is 0. The fourth-order valence-electron chi connectivity index (χ4n) is 1.33. The summed E-state index contributed by atoms with van der Waals surface area (Å²) in [5.74, 6) is 4.82. The summed E-state index contributed by atoms with van der Waals surface area (Å²) >= 11 is 7.63. The molecule has 0 aromatic carbocycles. The van der Waals surface area contributed by atoms with Crippen LogP contribution in [-0.2, 0) is 5.75 Å². The summed E-state index contributed by atoms with van der Waals surface area (Å²) in [5.41, 5.74) is 1.26. The van der Waals surface area contributed by atoms with E-state index in [-0.39, 0.29) is 0 Å². The summed E-state index contributed by atoms with van der Waals surface area (Å²) in [6.45, 7) is 4.36. The Morgan fingerprint density at radius 3 is 2.87 bits per heavy atom.